The lowest BCUT2D eigenvalue weighted by Crippen LogP contribution is -2.21. The Morgan fingerprint density at radius 3 is 1.62 bits per heavy atom. The van der Waals surface area contributed by atoms with Gasteiger partial charge >= 0.3 is 0 Å². The maximum atomic E-state index is 11.4. The molecule has 63 heavy (non-hydrogen) atoms. The Kier molecular flexibility index (Phi) is 14.7. The van der Waals surface area contributed by atoms with Gasteiger partial charge in [-0.2, -0.15) is 0 Å². The molecule has 14 nitrogen and oxygen atoms in total. The van der Waals surface area contributed by atoms with Crippen LogP contribution in [0, 0.1) is 0 Å². The number of halogens is 1. The molecule has 5 aromatic heterocycles. The van der Waals surface area contributed by atoms with Crippen molar-refractivity contribution in [2.24, 2.45) is 11.5 Å². The minimum atomic E-state index is -2.39. The first-order valence-corrected chi connectivity index (χ1v) is 20.9. The van der Waals surface area contributed by atoms with Gasteiger partial charge in [-0.05, 0) is 87.4 Å². The summed E-state index contributed by atoms with van der Waals surface area (Å²) in [4.78, 5) is 40.6. The molecule has 0 saturated carbocycles. The number of anilines is 2. The predicted octanol–water partition coefficient (Wildman–Crippen LogP) is 7.99. The summed E-state index contributed by atoms with van der Waals surface area (Å²) in [5.74, 6) is 1.26. The Labute approximate surface area is 370 Å². The van der Waals surface area contributed by atoms with E-state index in [0.29, 0.717) is 36.1 Å². The number of pyridine rings is 3. The topological polar surface area (TPSA) is 224 Å². The van der Waals surface area contributed by atoms with Crippen molar-refractivity contribution >= 4 is 62.0 Å². The standard InChI is InChI=1S/C25H19N5O2S.C20H15ClN4.C2H6N2O/c31-33(32)20-13-18(14-26-16-20)24-29-22-11-6-10-21(17-7-2-1-3-8-17)23(22)25(30-24)28-15-19-9-4-5-12-27-19;21-20-24-17-11-6-10-16(14-7-2-1-3-8-14)18(17)19(25-20)23-13-15-9-4-5-12-22-15;3-1-2(4)5/h1-14,16H,15H2,(H,31,32)(H,28,29,30);1-12H,13H2,(H,23,24,25);1,3H2,(H2,4,5)/p-1. The van der Waals surface area contributed by atoms with Crippen molar-refractivity contribution in [3.8, 4) is 33.6 Å². The Morgan fingerprint density at radius 2 is 1.13 bits per heavy atom. The molecule has 6 N–H and O–H groups in total. The van der Waals surface area contributed by atoms with Crippen LogP contribution < -0.4 is 22.1 Å². The fourth-order valence-corrected chi connectivity index (χ4v) is 6.97. The van der Waals surface area contributed by atoms with Crippen molar-refractivity contribution in [2.75, 3.05) is 17.2 Å². The van der Waals surface area contributed by atoms with Gasteiger partial charge in [-0.25, -0.2) is 19.9 Å². The van der Waals surface area contributed by atoms with Gasteiger partial charge in [0.2, 0.25) is 11.2 Å². The highest BCUT2D eigenvalue weighted by atomic mass is 35.5. The lowest BCUT2D eigenvalue weighted by atomic mass is 10.0. The molecule has 1 unspecified atom stereocenters. The van der Waals surface area contributed by atoms with Crippen molar-refractivity contribution < 1.29 is 13.6 Å². The van der Waals surface area contributed by atoms with Crippen LogP contribution in [0.15, 0.2) is 169 Å². The number of carbonyl (C=O) groups is 1. The fraction of sp³-hybridized carbons (Fsp3) is 0.0638. The molecule has 0 radical (unpaired) electrons. The van der Waals surface area contributed by atoms with Gasteiger partial charge in [-0.15, -0.1) is 0 Å². The molecule has 1 amide bonds. The first-order valence-electron chi connectivity index (χ1n) is 19.5. The fourth-order valence-electron chi connectivity index (χ4n) is 6.43. The van der Waals surface area contributed by atoms with Crippen LogP contribution >= 0.6 is 11.6 Å². The molecule has 4 aromatic carbocycles. The second kappa shape index (κ2) is 21.3. The third-order valence-electron chi connectivity index (χ3n) is 9.28. The van der Waals surface area contributed by atoms with E-state index < -0.39 is 17.0 Å². The monoisotopic (exact) mass is 872 g/mol. The Balaban J connectivity index is 0.000000176. The zero-order chi connectivity index (χ0) is 44.0. The molecule has 314 valence electrons. The molecular weight excluding hydrogens is 834 g/mol. The van der Waals surface area contributed by atoms with E-state index in [1.165, 1.54) is 12.3 Å². The summed E-state index contributed by atoms with van der Waals surface area (Å²) in [5.41, 5.74) is 17.3. The molecule has 9 aromatic rings. The molecule has 0 saturated heterocycles. The molecule has 0 aliphatic rings. The summed E-state index contributed by atoms with van der Waals surface area (Å²) in [6.45, 7) is 0.977. The molecule has 16 heteroatoms. The summed E-state index contributed by atoms with van der Waals surface area (Å²) in [6, 6.07) is 45.2. The normalized spacial score (nSPS) is 11.1. The number of hydrogen-bond donors (Lipinski definition) is 4. The van der Waals surface area contributed by atoms with E-state index in [-0.39, 0.29) is 16.7 Å². The number of hydrogen-bond acceptors (Lipinski definition) is 13. The number of rotatable bonds is 11. The molecule has 9 rings (SSSR count). The van der Waals surface area contributed by atoms with Crippen molar-refractivity contribution in [3.63, 3.8) is 0 Å². The van der Waals surface area contributed by atoms with Gasteiger partial charge in [0.25, 0.3) is 0 Å². The van der Waals surface area contributed by atoms with E-state index in [1.807, 2.05) is 115 Å². The highest BCUT2D eigenvalue weighted by molar-refractivity contribution is 7.79. The quantitative estimate of drug-likeness (QED) is 0.0715. The number of benzene rings is 4. The highest BCUT2D eigenvalue weighted by Gasteiger charge is 2.16. The van der Waals surface area contributed by atoms with Gasteiger partial charge in [0.1, 0.15) is 11.6 Å². The summed E-state index contributed by atoms with van der Waals surface area (Å²) in [5, 5.41) is 8.81. The third kappa shape index (κ3) is 11.4. The van der Waals surface area contributed by atoms with Crippen LogP contribution in [0.5, 0.6) is 0 Å². The molecule has 1 atom stereocenters. The number of amides is 1. The van der Waals surface area contributed by atoms with Crippen LogP contribution in [-0.2, 0) is 29.0 Å². The summed E-state index contributed by atoms with van der Waals surface area (Å²) < 4.78 is 22.8. The Hall–Kier alpha value is -7.56. The first-order chi connectivity index (χ1) is 30.8. The number of aromatic nitrogens is 7. The first kappa shape index (κ1) is 43.5. The minimum Gasteiger partial charge on any atom is -0.768 e. The van der Waals surface area contributed by atoms with Crippen LogP contribution in [0.3, 0.4) is 0 Å². The van der Waals surface area contributed by atoms with E-state index in [9.17, 15) is 13.6 Å². The van der Waals surface area contributed by atoms with E-state index in [4.69, 9.17) is 27.3 Å². The second-order valence-corrected chi connectivity index (χ2v) is 14.8. The minimum absolute atomic E-state index is 0.0556. The molecular formula is C47H39ClN11O3S-. The molecule has 0 spiro atoms. The number of nitrogens with one attached hydrogen (secondary N) is 2. The van der Waals surface area contributed by atoms with Gasteiger partial charge in [-0.3, -0.25) is 24.0 Å². The predicted molar refractivity (Wildman–Crippen MR) is 247 cm³/mol. The van der Waals surface area contributed by atoms with Crippen molar-refractivity contribution in [2.45, 2.75) is 18.0 Å². The number of primary amides is 1. The molecule has 0 aliphatic carbocycles. The number of carbonyl (C=O) groups excluding carboxylic acids is 1. The average molecular weight is 873 g/mol. The highest BCUT2D eigenvalue weighted by Crippen LogP contribution is 2.35. The summed E-state index contributed by atoms with van der Waals surface area (Å²) in [6.07, 6.45) is 6.37. The summed E-state index contributed by atoms with van der Waals surface area (Å²) in [7, 11) is 0. The Bertz CT molecular complexity index is 2970. The molecule has 0 aliphatic heterocycles. The molecule has 5 heterocycles. The van der Waals surface area contributed by atoms with Crippen LogP contribution in [0.25, 0.3) is 55.4 Å². The van der Waals surface area contributed by atoms with Gasteiger partial charge in [0.05, 0.1) is 52.8 Å². The van der Waals surface area contributed by atoms with Crippen molar-refractivity contribution in [1.82, 2.24) is 34.9 Å². The number of fused-ring (bicyclic) bond motifs is 2. The summed E-state index contributed by atoms with van der Waals surface area (Å²) >= 11 is 3.73. The van der Waals surface area contributed by atoms with Crippen LogP contribution in [0.2, 0.25) is 5.28 Å². The van der Waals surface area contributed by atoms with Gasteiger partial charge < -0.3 is 26.7 Å². The molecule has 0 bridgehead atoms. The zero-order valence-electron chi connectivity index (χ0n) is 33.5. The maximum absolute atomic E-state index is 11.4. The average Bonchev–Trinajstić information content (AvgIpc) is 3.33. The van der Waals surface area contributed by atoms with Crippen molar-refractivity contribution in [3.05, 3.63) is 181 Å². The van der Waals surface area contributed by atoms with Crippen molar-refractivity contribution in [1.29, 1.82) is 0 Å². The molecule has 0 fully saturated rings. The largest absolute Gasteiger partial charge is 0.768 e. The lowest BCUT2D eigenvalue weighted by Gasteiger charge is -2.15. The van der Waals surface area contributed by atoms with E-state index in [0.717, 1.165) is 55.4 Å². The van der Waals surface area contributed by atoms with Gasteiger partial charge in [-0.1, -0.05) is 97.1 Å². The number of nitrogens with zero attached hydrogens (tertiary/aromatic N) is 7. The van der Waals surface area contributed by atoms with E-state index >= 15 is 0 Å². The van der Waals surface area contributed by atoms with Crippen LogP contribution in [0.4, 0.5) is 11.6 Å². The lowest BCUT2D eigenvalue weighted by molar-refractivity contribution is -0.116. The third-order valence-corrected chi connectivity index (χ3v) is 10.1. The second-order valence-electron chi connectivity index (χ2n) is 13.5. The zero-order valence-corrected chi connectivity index (χ0v) is 35.1. The van der Waals surface area contributed by atoms with Gasteiger partial charge in [0.15, 0.2) is 5.82 Å². The SMILES string of the molecule is Clc1nc(NCc2ccccn2)c2c(-c3ccccc3)cccc2n1.NCC(N)=O.O=S([O-])c1cncc(-c2nc(NCc3ccccn3)c3c(-c4ccccc4)cccc3n2)c1. The number of nitrogens with two attached hydrogens (primary N) is 2. The maximum Gasteiger partial charge on any atom is 0.231 e. The van der Waals surface area contributed by atoms with Crippen LogP contribution in [0.1, 0.15) is 11.4 Å². The smallest absolute Gasteiger partial charge is 0.231 e. The Morgan fingerprint density at radius 1 is 0.619 bits per heavy atom. The van der Waals surface area contributed by atoms with Gasteiger partial charge in [0, 0.05) is 35.2 Å². The van der Waals surface area contributed by atoms with E-state index in [2.05, 4.69) is 59.5 Å². The van der Waals surface area contributed by atoms with Crippen LogP contribution in [-0.4, -0.2) is 56.1 Å². The van der Waals surface area contributed by atoms with E-state index in [1.54, 1.807) is 18.6 Å².